The average Bonchev–Trinajstić information content (AvgIpc) is 3.57. The summed E-state index contributed by atoms with van der Waals surface area (Å²) in [5, 5.41) is 8.33. The Morgan fingerprint density at radius 1 is 1.05 bits per heavy atom. The highest BCUT2D eigenvalue weighted by atomic mass is 35.5. The standard InChI is InChI=1S/C28H33N5O3.ClH/c1-28(2,35-17-19-9-5-4-6-10-19)27-31-24-25(29)30-18-33(26(24)32-27)16-20-13-14-22(34-3)23(15-20)36-21-11-7-8-12-21;/h4-6,9-10,13-15,18,21,29H,7-8,11-12,16-17H2,1-3H3,(H,31,32);1H. The summed E-state index contributed by atoms with van der Waals surface area (Å²) in [5.41, 5.74) is 2.85. The van der Waals surface area contributed by atoms with Crippen molar-refractivity contribution in [1.29, 1.82) is 5.41 Å². The van der Waals surface area contributed by atoms with Crippen LogP contribution in [0.3, 0.4) is 0 Å². The number of benzene rings is 2. The van der Waals surface area contributed by atoms with Crippen LogP contribution in [0.25, 0.3) is 11.2 Å². The van der Waals surface area contributed by atoms with Gasteiger partial charge in [-0.3, -0.25) is 5.41 Å². The first-order chi connectivity index (χ1) is 17.4. The van der Waals surface area contributed by atoms with Gasteiger partial charge in [0, 0.05) is 0 Å². The summed E-state index contributed by atoms with van der Waals surface area (Å²) in [6, 6.07) is 16.1. The van der Waals surface area contributed by atoms with E-state index >= 15 is 0 Å². The molecule has 0 atom stereocenters. The second-order valence-corrected chi connectivity index (χ2v) is 9.80. The maximum absolute atomic E-state index is 8.33. The van der Waals surface area contributed by atoms with Crippen molar-refractivity contribution < 1.29 is 14.2 Å². The van der Waals surface area contributed by atoms with Gasteiger partial charge in [0.05, 0.1) is 32.7 Å². The largest absolute Gasteiger partial charge is 0.493 e. The maximum atomic E-state index is 8.33. The van der Waals surface area contributed by atoms with Crippen LogP contribution in [-0.2, 0) is 23.5 Å². The number of fused-ring (bicyclic) bond motifs is 1. The van der Waals surface area contributed by atoms with Crippen molar-refractivity contribution in [2.75, 3.05) is 7.11 Å². The van der Waals surface area contributed by atoms with Gasteiger partial charge in [-0.05, 0) is 62.8 Å². The third-order valence-corrected chi connectivity index (χ3v) is 6.71. The van der Waals surface area contributed by atoms with Gasteiger partial charge in [0.1, 0.15) is 16.9 Å². The zero-order chi connectivity index (χ0) is 25.1. The molecular weight excluding hydrogens is 490 g/mol. The molecule has 1 saturated carbocycles. The van der Waals surface area contributed by atoms with Crippen molar-refractivity contribution in [1.82, 2.24) is 19.5 Å². The predicted octanol–water partition coefficient (Wildman–Crippen LogP) is 5.49. The minimum Gasteiger partial charge on any atom is -0.493 e. The quantitative estimate of drug-likeness (QED) is 0.302. The molecule has 2 aromatic heterocycles. The fourth-order valence-corrected chi connectivity index (χ4v) is 4.58. The number of rotatable bonds is 9. The smallest absolute Gasteiger partial charge is 0.173 e. The predicted molar refractivity (Wildman–Crippen MR) is 144 cm³/mol. The van der Waals surface area contributed by atoms with E-state index in [1.54, 1.807) is 13.4 Å². The van der Waals surface area contributed by atoms with E-state index < -0.39 is 5.60 Å². The number of nitrogens with zero attached hydrogens (tertiary/aromatic N) is 3. The van der Waals surface area contributed by atoms with Crippen LogP contribution in [0.15, 0.2) is 54.9 Å². The van der Waals surface area contributed by atoms with Gasteiger partial charge in [-0.15, -0.1) is 12.4 Å². The molecule has 196 valence electrons. The van der Waals surface area contributed by atoms with Gasteiger partial charge in [-0.1, -0.05) is 36.4 Å². The summed E-state index contributed by atoms with van der Waals surface area (Å²) in [5.74, 6) is 2.16. The SMILES string of the molecule is COc1ccc(Cn2cnc(=N)c3[nH]c(C(C)(C)OCc4ccccc4)nc32)cc1OC1CCCC1.Cl. The van der Waals surface area contributed by atoms with Crippen LogP contribution in [-0.4, -0.2) is 32.7 Å². The van der Waals surface area contributed by atoms with Crippen LogP contribution in [0.5, 0.6) is 11.5 Å². The number of hydrogen-bond donors (Lipinski definition) is 2. The number of methoxy groups -OCH3 is 1. The van der Waals surface area contributed by atoms with Crippen molar-refractivity contribution in [2.45, 2.75) is 64.4 Å². The highest BCUT2D eigenvalue weighted by molar-refractivity contribution is 5.85. The number of halogens is 1. The first kappa shape index (κ1) is 26.7. The van der Waals surface area contributed by atoms with Crippen LogP contribution < -0.4 is 15.0 Å². The number of aromatic nitrogens is 4. The van der Waals surface area contributed by atoms with Crippen molar-refractivity contribution in [3.63, 3.8) is 0 Å². The number of ether oxygens (including phenoxy) is 3. The first-order valence-corrected chi connectivity index (χ1v) is 12.4. The molecule has 0 radical (unpaired) electrons. The lowest BCUT2D eigenvalue weighted by molar-refractivity contribution is -0.0393. The maximum Gasteiger partial charge on any atom is 0.173 e. The van der Waals surface area contributed by atoms with Gasteiger partial charge in [0.15, 0.2) is 22.6 Å². The van der Waals surface area contributed by atoms with E-state index in [4.69, 9.17) is 24.6 Å². The van der Waals surface area contributed by atoms with Gasteiger partial charge < -0.3 is 23.8 Å². The summed E-state index contributed by atoms with van der Waals surface area (Å²) in [4.78, 5) is 12.4. The van der Waals surface area contributed by atoms with Crippen molar-refractivity contribution >= 4 is 23.6 Å². The molecule has 5 rings (SSSR count). The fourth-order valence-electron chi connectivity index (χ4n) is 4.58. The molecule has 2 N–H and O–H groups in total. The van der Waals surface area contributed by atoms with Crippen LogP contribution >= 0.6 is 12.4 Å². The van der Waals surface area contributed by atoms with E-state index in [-0.39, 0.29) is 24.0 Å². The minimum atomic E-state index is -0.679. The molecule has 4 aromatic rings. The molecule has 0 bridgehead atoms. The van der Waals surface area contributed by atoms with E-state index in [0.717, 1.165) is 35.5 Å². The second-order valence-electron chi connectivity index (χ2n) is 9.80. The first-order valence-electron chi connectivity index (χ1n) is 12.4. The van der Waals surface area contributed by atoms with Crippen molar-refractivity contribution in [3.8, 4) is 11.5 Å². The normalized spacial score (nSPS) is 14.0. The molecule has 9 heteroatoms. The average molecular weight is 524 g/mol. The second kappa shape index (κ2) is 11.4. The molecule has 37 heavy (non-hydrogen) atoms. The molecule has 1 aliphatic carbocycles. The van der Waals surface area contributed by atoms with Gasteiger partial charge in [0.25, 0.3) is 0 Å². The van der Waals surface area contributed by atoms with E-state index in [1.165, 1.54) is 12.8 Å². The lowest BCUT2D eigenvalue weighted by Gasteiger charge is -2.23. The lowest BCUT2D eigenvalue weighted by atomic mass is 10.1. The minimum absolute atomic E-state index is 0. The van der Waals surface area contributed by atoms with Gasteiger partial charge in [0.2, 0.25) is 0 Å². The third kappa shape index (κ3) is 5.97. The molecular formula is C28H34ClN5O3. The molecule has 0 unspecified atom stereocenters. The Hall–Kier alpha value is -3.36. The Balaban J connectivity index is 0.00000320. The summed E-state index contributed by atoms with van der Waals surface area (Å²) in [6.07, 6.45) is 6.47. The summed E-state index contributed by atoms with van der Waals surface area (Å²) in [7, 11) is 1.67. The molecule has 1 fully saturated rings. The van der Waals surface area contributed by atoms with Crippen LogP contribution in [0.2, 0.25) is 0 Å². The Morgan fingerprint density at radius 3 is 2.54 bits per heavy atom. The van der Waals surface area contributed by atoms with Crippen molar-refractivity contribution in [2.24, 2.45) is 0 Å². The van der Waals surface area contributed by atoms with E-state index in [0.29, 0.717) is 30.1 Å². The highest BCUT2D eigenvalue weighted by Crippen LogP contribution is 2.33. The lowest BCUT2D eigenvalue weighted by Crippen LogP contribution is -2.23. The number of H-pyrrole nitrogens is 1. The molecule has 0 amide bonds. The fraction of sp³-hybridized carbons (Fsp3) is 0.393. The monoisotopic (exact) mass is 523 g/mol. The Bertz CT molecular complexity index is 1390. The zero-order valence-electron chi connectivity index (χ0n) is 21.5. The van der Waals surface area contributed by atoms with Crippen LogP contribution in [0, 0.1) is 5.41 Å². The van der Waals surface area contributed by atoms with Gasteiger partial charge in [-0.25, -0.2) is 9.97 Å². The number of nitrogens with one attached hydrogen (secondary N) is 2. The summed E-state index contributed by atoms with van der Waals surface area (Å²) < 4.78 is 20.0. The van der Waals surface area contributed by atoms with Gasteiger partial charge >= 0.3 is 0 Å². The third-order valence-electron chi connectivity index (χ3n) is 6.71. The van der Waals surface area contributed by atoms with Gasteiger partial charge in [-0.2, -0.15) is 0 Å². The van der Waals surface area contributed by atoms with E-state index in [9.17, 15) is 0 Å². The summed E-state index contributed by atoms with van der Waals surface area (Å²) >= 11 is 0. The highest BCUT2D eigenvalue weighted by Gasteiger charge is 2.27. The van der Waals surface area contributed by atoms with E-state index in [2.05, 4.69) is 9.97 Å². The summed E-state index contributed by atoms with van der Waals surface area (Å²) in [6.45, 7) is 4.95. The molecule has 0 saturated heterocycles. The topological polar surface area (TPSA) is 98.0 Å². The molecule has 2 aromatic carbocycles. The van der Waals surface area contributed by atoms with Crippen molar-refractivity contribution in [3.05, 3.63) is 77.3 Å². The van der Waals surface area contributed by atoms with E-state index in [1.807, 2.05) is 66.9 Å². The molecule has 1 aliphatic rings. The number of aromatic amines is 1. The Kier molecular flexibility index (Phi) is 8.19. The Morgan fingerprint density at radius 2 is 1.81 bits per heavy atom. The zero-order valence-corrected chi connectivity index (χ0v) is 22.3. The number of imidazole rings is 1. The molecule has 8 nitrogen and oxygen atoms in total. The number of hydrogen-bond acceptors (Lipinski definition) is 6. The molecule has 0 spiro atoms. The molecule has 0 aliphatic heterocycles. The van der Waals surface area contributed by atoms with Crippen LogP contribution in [0.4, 0.5) is 0 Å². The van der Waals surface area contributed by atoms with Crippen LogP contribution in [0.1, 0.15) is 56.5 Å². The Labute approximate surface area is 222 Å². The molecule has 2 heterocycles.